The maximum absolute atomic E-state index is 12.2. The lowest BCUT2D eigenvalue weighted by molar-refractivity contribution is 0.0956. The highest BCUT2D eigenvalue weighted by Crippen LogP contribution is 2.33. The lowest BCUT2D eigenvalue weighted by Crippen LogP contribution is -2.22. The number of hydrogen-bond acceptors (Lipinski definition) is 5. The van der Waals surface area contributed by atoms with Gasteiger partial charge in [-0.25, -0.2) is 0 Å². The first-order valence-electron chi connectivity index (χ1n) is 9.99. The van der Waals surface area contributed by atoms with E-state index in [1.165, 1.54) is 6.26 Å². The van der Waals surface area contributed by atoms with E-state index in [1.807, 2.05) is 55.5 Å². The van der Waals surface area contributed by atoms with Crippen LogP contribution >= 0.6 is 0 Å². The number of furan rings is 1. The number of rotatable bonds is 5. The van der Waals surface area contributed by atoms with Crippen LogP contribution in [-0.4, -0.2) is 22.4 Å². The molecule has 0 aliphatic heterocycles. The Labute approximate surface area is 178 Å². The molecule has 0 radical (unpaired) electrons. The van der Waals surface area contributed by atoms with Crippen molar-refractivity contribution in [2.75, 3.05) is 6.54 Å². The summed E-state index contributed by atoms with van der Waals surface area (Å²) in [7, 11) is 0. The third-order valence-electron chi connectivity index (χ3n) is 5.07. The maximum atomic E-state index is 12.2. The number of aromatic nitrogens is 2. The molecule has 0 unspecified atom stereocenters. The summed E-state index contributed by atoms with van der Waals surface area (Å²) >= 11 is 0. The molecule has 0 aliphatic rings. The van der Waals surface area contributed by atoms with Crippen LogP contribution in [0.25, 0.3) is 33.0 Å². The van der Waals surface area contributed by atoms with Gasteiger partial charge in [-0.05, 0) is 60.5 Å². The monoisotopic (exact) mass is 409 g/mol. The Morgan fingerprint density at radius 1 is 0.968 bits per heavy atom. The highest BCUT2D eigenvalue weighted by Gasteiger charge is 2.14. The first kappa shape index (κ1) is 18.8. The summed E-state index contributed by atoms with van der Waals surface area (Å²) in [5.74, 6) is 1.16. The summed E-state index contributed by atoms with van der Waals surface area (Å²) in [5.41, 5.74) is 4.09. The normalized spacial score (nSPS) is 11.0. The fourth-order valence-corrected chi connectivity index (χ4v) is 3.57. The minimum absolute atomic E-state index is 0.153. The van der Waals surface area contributed by atoms with Crippen molar-refractivity contribution in [3.63, 3.8) is 0 Å². The topological polar surface area (TPSA) is 77.2 Å². The second-order valence-electron chi connectivity index (χ2n) is 7.05. The molecular weight excluding hydrogens is 390 g/mol. The van der Waals surface area contributed by atoms with Crippen molar-refractivity contribution < 1.29 is 13.9 Å². The Balaban J connectivity index is 1.47. The van der Waals surface area contributed by atoms with Gasteiger partial charge in [0.25, 0.3) is 5.91 Å². The van der Waals surface area contributed by atoms with Crippen LogP contribution in [0.1, 0.15) is 17.3 Å². The van der Waals surface area contributed by atoms with Crippen LogP contribution in [0.2, 0.25) is 0 Å². The number of benzene rings is 2. The average Bonchev–Trinajstić information content (AvgIpc) is 3.23. The van der Waals surface area contributed by atoms with Crippen LogP contribution < -0.4 is 10.1 Å². The fourth-order valence-electron chi connectivity index (χ4n) is 3.57. The third kappa shape index (κ3) is 3.59. The van der Waals surface area contributed by atoms with Gasteiger partial charge in [0, 0.05) is 42.0 Å². The quantitative estimate of drug-likeness (QED) is 0.410. The summed E-state index contributed by atoms with van der Waals surface area (Å²) < 4.78 is 11.7. The minimum atomic E-state index is -0.153. The van der Waals surface area contributed by atoms with Crippen molar-refractivity contribution in [3.8, 4) is 22.6 Å². The summed E-state index contributed by atoms with van der Waals surface area (Å²) in [6.45, 7) is 2.44. The number of fused-ring (bicyclic) bond motifs is 2. The lowest BCUT2D eigenvalue weighted by atomic mass is 10.0. The number of nitrogens with one attached hydrogen (secondary N) is 1. The van der Waals surface area contributed by atoms with E-state index in [2.05, 4.69) is 15.3 Å². The van der Waals surface area contributed by atoms with E-state index < -0.39 is 0 Å². The zero-order valence-electron chi connectivity index (χ0n) is 16.8. The van der Waals surface area contributed by atoms with Crippen LogP contribution in [0.3, 0.4) is 0 Å². The molecular formula is C25H19N3O3. The Kier molecular flexibility index (Phi) is 4.80. The van der Waals surface area contributed by atoms with Gasteiger partial charge in [0.1, 0.15) is 23.3 Å². The van der Waals surface area contributed by atoms with Crippen LogP contribution in [-0.2, 0) is 0 Å². The van der Waals surface area contributed by atoms with Crippen molar-refractivity contribution in [2.24, 2.45) is 0 Å². The van der Waals surface area contributed by atoms with Crippen LogP contribution in [0.15, 0.2) is 83.9 Å². The zero-order chi connectivity index (χ0) is 21.2. The second kappa shape index (κ2) is 7.91. The van der Waals surface area contributed by atoms with Gasteiger partial charge in [0.2, 0.25) is 0 Å². The molecule has 0 aliphatic carbocycles. The Morgan fingerprint density at radius 2 is 1.81 bits per heavy atom. The molecule has 31 heavy (non-hydrogen) atoms. The van der Waals surface area contributed by atoms with Gasteiger partial charge in [0.15, 0.2) is 0 Å². The summed E-state index contributed by atoms with van der Waals surface area (Å²) in [5, 5.41) is 4.45. The molecule has 6 heteroatoms. The number of hydrogen-bond donors (Lipinski definition) is 1. The number of amides is 1. The van der Waals surface area contributed by atoms with Gasteiger partial charge in [-0.15, -0.1) is 0 Å². The summed E-state index contributed by atoms with van der Waals surface area (Å²) in [6, 6.07) is 17.3. The molecule has 0 bridgehead atoms. The molecule has 3 aromatic heterocycles. The molecule has 6 nitrogen and oxygen atoms in total. The Hall–Kier alpha value is -4.19. The van der Waals surface area contributed by atoms with Gasteiger partial charge in [-0.2, -0.15) is 0 Å². The van der Waals surface area contributed by atoms with E-state index in [0.717, 1.165) is 27.4 Å². The van der Waals surface area contributed by atoms with Crippen molar-refractivity contribution in [3.05, 3.63) is 85.0 Å². The molecule has 3 heterocycles. The molecule has 5 rings (SSSR count). The Bertz CT molecular complexity index is 1390. The van der Waals surface area contributed by atoms with Gasteiger partial charge >= 0.3 is 0 Å². The zero-order valence-corrected chi connectivity index (χ0v) is 16.8. The van der Waals surface area contributed by atoms with E-state index >= 15 is 0 Å². The minimum Gasteiger partial charge on any atom is -0.463 e. The number of carbonyl (C=O) groups excluding carboxylic acids is 1. The van der Waals surface area contributed by atoms with Gasteiger partial charge in [-0.1, -0.05) is 6.07 Å². The van der Waals surface area contributed by atoms with E-state index in [4.69, 9.17) is 9.15 Å². The summed E-state index contributed by atoms with van der Waals surface area (Å²) in [4.78, 5) is 20.7. The van der Waals surface area contributed by atoms with Crippen molar-refractivity contribution in [1.29, 1.82) is 0 Å². The van der Waals surface area contributed by atoms with Crippen molar-refractivity contribution >= 4 is 27.8 Å². The van der Waals surface area contributed by atoms with Gasteiger partial charge in [0.05, 0.1) is 11.1 Å². The SMILES string of the molecule is CCNC(=O)c1coc2cc(Oc3ccnc4cc(-c5ccncc5)ccc34)ccc12. The average molecular weight is 409 g/mol. The summed E-state index contributed by atoms with van der Waals surface area (Å²) in [6.07, 6.45) is 6.75. The molecule has 152 valence electrons. The predicted octanol–water partition coefficient (Wildman–Crippen LogP) is 5.59. The first-order valence-corrected chi connectivity index (χ1v) is 9.99. The number of nitrogens with zero attached hydrogens (tertiary/aromatic N) is 2. The highest BCUT2D eigenvalue weighted by atomic mass is 16.5. The smallest absolute Gasteiger partial charge is 0.255 e. The third-order valence-corrected chi connectivity index (χ3v) is 5.07. The van der Waals surface area contributed by atoms with E-state index in [9.17, 15) is 4.79 Å². The van der Waals surface area contributed by atoms with E-state index in [-0.39, 0.29) is 5.91 Å². The molecule has 0 fully saturated rings. The molecule has 0 saturated carbocycles. The van der Waals surface area contributed by atoms with E-state index in [1.54, 1.807) is 24.7 Å². The molecule has 2 aromatic carbocycles. The second-order valence-corrected chi connectivity index (χ2v) is 7.05. The first-order chi connectivity index (χ1) is 15.2. The van der Waals surface area contributed by atoms with Crippen LogP contribution in [0.5, 0.6) is 11.5 Å². The van der Waals surface area contributed by atoms with Crippen molar-refractivity contribution in [2.45, 2.75) is 6.92 Å². The molecule has 0 atom stereocenters. The van der Waals surface area contributed by atoms with Crippen LogP contribution in [0, 0.1) is 0 Å². The van der Waals surface area contributed by atoms with Crippen LogP contribution in [0.4, 0.5) is 0 Å². The molecule has 5 aromatic rings. The van der Waals surface area contributed by atoms with Crippen molar-refractivity contribution in [1.82, 2.24) is 15.3 Å². The molecule has 0 saturated heterocycles. The molecule has 1 N–H and O–H groups in total. The molecule has 0 spiro atoms. The van der Waals surface area contributed by atoms with E-state index in [0.29, 0.717) is 29.2 Å². The molecule has 1 amide bonds. The fraction of sp³-hybridized carbons (Fsp3) is 0.0800. The van der Waals surface area contributed by atoms with Gasteiger partial charge < -0.3 is 14.5 Å². The highest BCUT2D eigenvalue weighted by molar-refractivity contribution is 6.06. The standard InChI is InChI=1S/C25H19N3O3/c1-2-27-25(29)21-15-30-24-14-18(4-6-19(21)24)31-23-9-12-28-22-13-17(3-5-20(22)23)16-7-10-26-11-8-16/h3-15H,2H2,1H3,(H,27,29). The lowest BCUT2D eigenvalue weighted by Gasteiger charge is -2.10. The largest absolute Gasteiger partial charge is 0.463 e. The number of ether oxygens (including phenoxy) is 1. The number of carbonyl (C=O) groups is 1. The number of pyridine rings is 2. The predicted molar refractivity (Wildman–Crippen MR) is 119 cm³/mol. The van der Waals surface area contributed by atoms with Gasteiger partial charge in [-0.3, -0.25) is 14.8 Å². The maximum Gasteiger partial charge on any atom is 0.255 e. The Morgan fingerprint density at radius 3 is 2.65 bits per heavy atom.